The second kappa shape index (κ2) is 5.68. The Hall–Kier alpha value is -2.37. The van der Waals surface area contributed by atoms with Crippen molar-refractivity contribution in [2.24, 2.45) is 0 Å². The molecular formula is C17H19N3O3. The molecule has 0 N–H and O–H groups in total. The first-order valence-electron chi connectivity index (χ1n) is 8.06. The zero-order valence-corrected chi connectivity index (χ0v) is 13.1. The highest BCUT2D eigenvalue weighted by Gasteiger charge is 2.27. The van der Waals surface area contributed by atoms with Crippen molar-refractivity contribution in [2.45, 2.75) is 32.1 Å². The van der Waals surface area contributed by atoms with Crippen LogP contribution in [0.25, 0.3) is 11.4 Å². The van der Waals surface area contributed by atoms with Gasteiger partial charge in [0.2, 0.25) is 17.6 Å². The molecule has 0 radical (unpaired) electrons. The van der Waals surface area contributed by atoms with Gasteiger partial charge in [-0.2, -0.15) is 4.98 Å². The van der Waals surface area contributed by atoms with Crippen molar-refractivity contribution in [2.75, 3.05) is 19.7 Å². The maximum atomic E-state index is 11.6. The molecule has 1 amide bonds. The molecule has 2 aromatic rings. The fraction of sp³-hybridized carbons (Fsp3) is 0.471. The van der Waals surface area contributed by atoms with Crippen molar-refractivity contribution in [1.82, 2.24) is 15.0 Å². The van der Waals surface area contributed by atoms with Crippen LogP contribution >= 0.6 is 0 Å². The summed E-state index contributed by atoms with van der Waals surface area (Å²) in [6.07, 6.45) is 2.87. The summed E-state index contributed by atoms with van der Waals surface area (Å²) in [5, 5.41) is 4.13. The van der Waals surface area contributed by atoms with Gasteiger partial charge in [0.1, 0.15) is 5.75 Å². The number of ether oxygens (including phenoxy) is 1. The quantitative estimate of drug-likeness (QED) is 0.851. The average molecular weight is 313 g/mol. The standard InChI is InChI=1S/C17H19N3O3/c1-11(21)20-7-2-3-14(10-20)17-18-16(19-23-17)13-4-5-15-12(9-13)6-8-22-15/h4-5,9,14H,2-3,6-8,10H2,1H3/t14-/m0/s1. The van der Waals surface area contributed by atoms with Crippen molar-refractivity contribution >= 4 is 5.91 Å². The lowest BCUT2D eigenvalue weighted by Gasteiger charge is -2.29. The van der Waals surface area contributed by atoms with Crippen LogP contribution < -0.4 is 4.74 Å². The van der Waals surface area contributed by atoms with E-state index in [1.165, 1.54) is 5.56 Å². The number of carbonyl (C=O) groups is 1. The zero-order chi connectivity index (χ0) is 15.8. The van der Waals surface area contributed by atoms with E-state index in [2.05, 4.69) is 16.2 Å². The van der Waals surface area contributed by atoms with E-state index in [1.54, 1.807) is 6.92 Å². The number of benzene rings is 1. The van der Waals surface area contributed by atoms with Crippen LogP contribution in [0.4, 0.5) is 0 Å². The molecule has 23 heavy (non-hydrogen) atoms. The van der Waals surface area contributed by atoms with E-state index >= 15 is 0 Å². The summed E-state index contributed by atoms with van der Waals surface area (Å²) in [4.78, 5) is 18.0. The molecule has 120 valence electrons. The topological polar surface area (TPSA) is 68.5 Å². The molecule has 0 saturated carbocycles. The van der Waals surface area contributed by atoms with Crippen LogP contribution in [-0.2, 0) is 11.2 Å². The Kier molecular flexibility index (Phi) is 3.52. The molecule has 4 rings (SSSR count). The average Bonchev–Trinajstić information content (AvgIpc) is 3.23. The van der Waals surface area contributed by atoms with Crippen LogP contribution in [0.2, 0.25) is 0 Å². The third-order valence-electron chi connectivity index (χ3n) is 4.61. The maximum absolute atomic E-state index is 11.6. The van der Waals surface area contributed by atoms with Crippen LogP contribution in [0.1, 0.15) is 37.1 Å². The first kappa shape index (κ1) is 14.2. The number of fused-ring (bicyclic) bond motifs is 1. The van der Waals surface area contributed by atoms with Crippen molar-refractivity contribution < 1.29 is 14.1 Å². The number of hydrogen-bond donors (Lipinski definition) is 0. The molecule has 0 bridgehead atoms. The first-order chi connectivity index (χ1) is 11.2. The highest BCUT2D eigenvalue weighted by Crippen LogP contribution is 2.31. The molecule has 0 spiro atoms. The van der Waals surface area contributed by atoms with Gasteiger partial charge in [0, 0.05) is 32.0 Å². The lowest BCUT2D eigenvalue weighted by molar-refractivity contribution is -0.130. The monoisotopic (exact) mass is 313 g/mol. The number of nitrogens with zero attached hydrogens (tertiary/aromatic N) is 3. The van der Waals surface area contributed by atoms with E-state index in [4.69, 9.17) is 9.26 Å². The van der Waals surface area contributed by atoms with E-state index in [1.807, 2.05) is 17.0 Å². The minimum atomic E-state index is 0.105. The molecule has 0 aliphatic carbocycles. The number of likely N-dealkylation sites (tertiary alicyclic amines) is 1. The number of rotatable bonds is 2. The summed E-state index contributed by atoms with van der Waals surface area (Å²) in [5.41, 5.74) is 2.14. The van der Waals surface area contributed by atoms with Gasteiger partial charge >= 0.3 is 0 Å². The highest BCUT2D eigenvalue weighted by atomic mass is 16.5. The van der Waals surface area contributed by atoms with Gasteiger partial charge in [-0.3, -0.25) is 4.79 Å². The van der Waals surface area contributed by atoms with Gasteiger partial charge in [0.15, 0.2) is 0 Å². The van der Waals surface area contributed by atoms with Crippen molar-refractivity contribution in [1.29, 1.82) is 0 Å². The SMILES string of the molecule is CC(=O)N1CCC[C@H](c2nc(-c3ccc4c(c3)CCO4)no2)C1. The second-order valence-corrected chi connectivity index (χ2v) is 6.18. The van der Waals surface area contributed by atoms with E-state index < -0.39 is 0 Å². The number of aromatic nitrogens is 2. The lowest BCUT2D eigenvalue weighted by atomic mass is 9.98. The predicted molar refractivity (Wildman–Crippen MR) is 83.2 cm³/mol. The van der Waals surface area contributed by atoms with Crippen LogP contribution in [0, 0.1) is 0 Å². The Labute approximate surface area is 134 Å². The Balaban J connectivity index is 1.56. The fourth-order valence-corrected chi connectivity index (χ4v) is 3.31. The molecule has 1 aromatic carbocycles. The minimum Gasteiger partial charge on any atom is -0.493 e. The van der Waals surface area contributed by atoms with E-state index in [0.29, 0.717) is 18.3 Å². The molecule has 2 aliphatic rings. The number of piperidine rings is 1. The molecule has 6 nitrogen and oxygen atoms in total. The second-order valence-electron chi connectivity index (χ2n) is 6.18. The van der Waals surface area contributed by atoms with E-state index in [0.717, 1.165) is 43.7 Å². The largest absolute Gasteiger partial charge is 0.493 e. The third kappa shape index (κ3) is 2.69. The van der Waals surface area contributed by atoms with E-state index in [-0.39, 0.29) is 11.8 Å². The number of hydrogen-bond acceptors (Lipinski definition) is 5. The molecular weight excluding hydrogens is 294 g/mol. The maximum Gasteiger partial charge on any atom is 0.231 e. The van der Waals surface area contributed by atoms with Gasteiger partial charge < -0.3 is 14.2 Å². The van der Waals surface area contributed by atoms with Gasteiger partial charge in [-0.25, -0.2) is 0 Å². The lowest BCUT2D eigenvalue weighted by Crippen LogP contribution is -2.37. The summed E-state index contributed by atoms with van der Waals surface area (Å²) < 4.78 is 11.0. The summed E-state index contributed by atoms with van der Waals surface area (Å²) in [7, 11) is 0. The molecule has 3 heterocycles. The molecule has 1 atom stereocenters. The molecule has 0 unspecified atom stereocenters. The molecule has 6 heteroatoms. The van der Waals surface area contributed by atoms with E-state index in [9.17, 15) is 4.79 Å². The van der Waals surface area contributed by atoms with Crippen molar-refractivity contribution in [3.8, 4) is 17.1 Å². The first-order valence-corrected chi connectivity index (χ1v) is 8.06. The fourth-order valence-electron chi connectivity index (χ4n) is 3.31. The minimum absolute atomic E-state index is 0.105. The highest BCUT2D eigenvalue weighted by molar-refractivity contribution is 5.73. The Bertz CT molecular complexity index is 740. The van der Waals surface area contributed by atoms with Crippen LogP contribution in [-0.4, -0.2) is 40.6 Å². The Morgan fingerprint density at radius 2 is 2.30 bits per heavy atom. The van der Waals surface area contributed by atoms with Crippen molar-refractivity contribution in [3.63, 3.8) is 0 Å². The van der Waals surface area contributed by atoms with Gasteiger partial charge in [-0.1, -0.05) is 5.16 Å². The number of amides is 1. The summed E-state index contributed by atoms with van der Waals surface area (Å²) >= 11 is 0. The van der Waals surface area contributed by atoms with Crippen LogP contribution in [0.5, 0.6) is 5.75 Å². The van der Waals surface area contributed by atoms with Gasteiger partial charge in [-0.05, 0) is 36.6 Å². The molecule has 2 aliphatic heterocycles. The smallest absolute Gasteiger partial charge is 0.231 e. The van der Waals surface area contributed by atoms with Crippen LogP contribution in [0.3, 0.4) is 0 Å². The van der Waals surface area contributed by atoms with Gasteiger partial charge in [-0.15, -0.1) is 0 Å². The summed E-state index contributed by atoms with van der Waals surface area (Å²) in [6, 6.07) is 5.99. The Morgan fingerprint density at radius 3 is 3.17 bits per heavy atom. The van der Waals surface area contributed by atoms with Crippen LogP contribution in [0.15, 0.2) is 22.7 Å². The normalized spacial score (nSPS) is 20.2. The predicted octanol–water partition coefficient (Wildman–Crippen LogP) is 2.40. The number of carbonyl (C=O) groups excluding carboxylic acids is 1. The summed E-state index contributed by atoms with van der Waals surface area (Å²) in [5.74, 6) is 2.42. The molecule has 1 fully saturated rings. The van der Waals surface area contributed by atoms with Crippen molar-refractivity contribution in [3.05, 3.63) is 29.7 Å². The molecule has 1 aromatic heterocycles. The Morgan fingerprint density at radius 1 is 1.39 bits per heavy atom. The summed E-state index contributed by atoms with van der Waals surface area (Å²) in [6.45, 7) is 3.82. The van der Waals surface area contributed by atoms with Gasteiger partial charge in [0.25, 0.3) is 0 Å². The molecule has 1 saturated heterocycles. The zero-order valence-electron chi connectivity index (χ0n) is 13.1. The third-order valence-corrected chi connectivity index (χ3v) is 4.61. The van der Waals surface area contributed by atoms with Gasteiger partial charge in [0.05, 0.1) is 12.5 Å².